The molecule has 40 heavy (non-hydrogen) atoms. The third kappa shape index (κ3) is 7.95. The Labute approximate surface area is 239 Å². The van der Waals surface area contributed by atoms with Crippen molar-refractivity contribution in [1.82, 2.24) is 10.2 Å². The standard InChI is InChI=1S/C29H33ClFN3O5S/c1-20(28(36)32-29(2,3)4)33(18-21-7-6-8-22(30)17-21)27(35)19-34(24-11-9-23(31)10-12-24)40(37,38)26-15-13-25(39-5)14-16-26/h6-17,20H,18-19H2,1-5H3,(H,32,36)/t20-/m1/s1. The summed E-state index contributed by atoms with van der Waals surface area (Å²) in [4.78, 5) is 28.2. The first-order valence-electron chi connectivity index (χ1n) is 12.5. The Hall–Kier alpha value is -3.63. The summed E-state index contributed by atoms with van der Waals surface area (Å²) in [5, 5.41) is 3.32. The van der Waals surface area contributed by atoms with E-state index in [1.807, 2.05) is 20.8 Å². The number of nitrogens with one attached hydrogen (secondary N) is 1. The van der Waals surface area contributed by atoms with Gasteiger partial charge in [0.1, 0.15) is 24.2 Å². The maximum Gasteiger partial charge on any atom is 0.264 e. The molecule has 0 aliphatic rings. The van der Waals surface area contributed by atoms with Crippen LogP contribution in [0.2, 0.25) is 5.02 Å². The molecule has 3 aromatic rings. The summed E-state index contributed by atoms with van der Waals surface area (Å²) >= 11 is 6.15. The maximum atomic E-state index is 13.9. The first-order valence-corrected chi connectivity index (χ1v) is 14.3. The average molecular weight is 590 g/mol. The molecule has 1 atom stereocenters. The highest BCUT2D eigenvalue weighted by molar-refractivity contribution is 7.92. The lowest BCUT2D eigenvalue weighted by molar-refractivity contribution is -0.140. The average Bonchev–Trinajstić information content (AvgIpc) is 2.89. The van der Waals surface area contributed by atoms with E-state index in [0.717, 1.165) is 16.4 Å². The summed E-state index contributed by atoms with van der Waals surface area (Å²) in [6.07, 6.45) is 0. The molecule has 3 rings (SSSR count). The summed E-state index contributed by atoms with van der Waals surface area (Å²) in [7, 11) is -2.83. The van der Waals surface area contributed by atoms with Gasteiger partial charge in [-0.15, -0.1) is 0 Å². The van der Waals surface area contributed by atoms with Crippen LogP contribution in [0.4, 0.5) is 10.1 Å². The fourth-order valence-corrected chi connectivity index (χ4v) is 5.53. The van der Waals surface area contributed by atoms with Crippen LogP contribution in [-0.4, -0.2) is 50.4 Å². The number of carbonyl (C=O) groups is 2. The molecule has 0 aromatic heterocycles. The topological polar surface area (TPSA) is 96.0 Å². The molecule has 0 heterocycles. The highest BCUT2D eigenvalue weighted by Gasteiger charge is 2.33. The van der Waals surface area contributed by atoms with Crippen LogP contribution in [0.25, 0.3) is 0 Å². The third-order valence-electron chi connectivity index (χ3n) is 5.95. The zero-order valence-corrected chi connectivity index (χ0v) is 24.6. The van der Waals surface area contributed by atoms with Gasteiger partial charge in [0.2, 0.25) is 11.8 Å². The predicted molar refractivity (Wildman–Crippen MR) is 153 cm³/mol. The molecule has 0 saturated heterocycles. The van der Waals surface area contributed by atoms with Gasteiger partial charge >= 0.3 is 0 Å². The highest BCUT2D eigenvalue weighted by atomic mass is 35.5. The van der Waals surface area contributed by atoms with Crippen LogP contribution >= 0.6 is 11.6 Å². The maximum absolute atomic E-state index is 13.9. The van der Waals surface area contributed by atoms with Gasteiger partial charge in [0.25, 0.3) is 10.0 Å². The van der Waals surface area contributed by atoms with E-state index in [4.69, 9.17) is 16.3 Å². The molecule has 0 spiro atoms. The number of methoxy groups -OCH3 is 1. The molecule has 8 nitrogen and oxygen atoms in total. The van der Waals surface area contributed by atoms with Crippen molar-refractivity contribution in [3.63, 3.8) is 0 Å². The zero-order chi connectivity index (χ0) is 29.7. The first kappa shape index (κ1) is 30.9. The van der Waals surface area contributed by atoms with Crippen LogP contribution in [0, 0.1) is 5.82 Å². The van der Waals surface area contributed by atoms with Crippen molar-refractivity contribution in [2.75, 3.05) is 18.0 Å². The number of anilines is 1. The molecular formula is C29H33ClFN3O5S. The molecule has 0 bridgehead atoms. The van der Waals surface area contributed by atoms with Crippen molar-refractivity contribution in [2.24, 2.45) is 0 Å². The summed E-state index contributed by atoms with van der Waals surface area (Å²) in [6, 6.07) is 16.4. The fourth-order valence-electron chi connectivity index (χ4n) is 3.90. The van der Waals surface area contributed by atoms with E-state index in [-0.39, 0.29) is 17.1 Å². The minimum atomic E-state index is -4.29. The Morgan fingerprint density at radius 3 is 2.20 bits per heavy atom. The van der Waals surface area contributed by atoms with Crippen LogP contribution in [0.5, 0.6) is 5.75 Å². The van der Waals surface area contributed by atoms with Gasteiger partial charge in [0.15, 0.2) is 0 Å². The number of rotatable bonds is 10. The number of hydrogen-bond donors (Lipinski definition) is 1. The molecule has 2 amide bonds. The molecule has 0 unspecified atom stereocenters. The van der Waals surface area contributed by atoms with Gasteiger partial charge in [-0.05, 0) is 93.9 Å². The van der Waals surface area contributed by atoms with E-state index in [9.17, 15) is 22.4 Å². The second kappa shape index (κ2) is 12.7. The summed E-state index contributed by atoms with van der Waals surface area (Å²) in [6.45, 7) is 6.38. The Morgan fingerprint density at radius 1 is 1.02 bits per heavy atom. The number of amides is 2. The van der Waals surface area contributed by atoms with Crippen molar-refractivity contribution in [1.29, 1.82) is 0 Å². The summed E-state index contributed by atoms with van der Waals surface area (Å²) in [5.74, 6) is -1.16. The lowest BCUT2D eigenvalue weighted by Gasteiger charge is -2.33. The molecule has 0 fully saturated rings. The second-order valence-electron chi connectivity index (χ2n) is 10.2. The van der Waals surface area contributed by atoms with E-state index in [0.29, 0.717) is 16.3 Å². The van der Waals surface area contributed by atoms with Crippen LogP contribution in [0.1, 0.15) is 33.3 Å². The van der Waals surface area contributed by atoms with E-state index in [2.05, 4.69) is 5.32 Å². The molecule has 0 aliphatic heterocycles. The third-order valence-corrected chi connectivity index (χ3v) is 7.97. The zero-order valence-electron chi connectivity index (χ0n) is 23.0. The molecule has 1 N–H and O–H groups in total. The van der Waals surface area contributed by atoms with Crippen LogP contribution in [0.3, 0.4) is 0 Å². The Balaban J connectivity index is 2.03. The molecular weight excluding hydrogens is 557 g/mol. The first-order chi connectivity index (χ1) is 18.7. The molecule has 0 radical (unpaired) electrons. The molecule has 3 aromatic carbocycles. The lowest BCUT2D eigenvalue weighted by Crippen LogP contribution is -2.54. The second-order valence-corrected chi connectivity index (χ2v) is 12.5. The number of ether oxygens (including phenoxy) is 1. The number of nitrogens with zero attached hydrogens (tertiary/aromatic N) is 2. The van der Waals surface area contributed by atoms with E-state index < -0.39 is 45.8 Å². The van der Waals surface area contributed by atoms with Gasteiger partial charge < -0.3 is 15.0 Å². The van der Waals surface area contributed by atoms with Crippen LogP contribution in [0.15, 0.2) is 77.7 Å². The van der Waals surface area contributed by atoms with E-state index >= 15 is 0 Å². The molecule has 0 aliphatic carbocycles. The van der Waals surface area contributed by atoms with Crippen molar-refractivity contribution in [2.45, 2.75) is 50.7 Å². The minimum Gasteiger partial charge on any atom is -0.497 e. The Kier molecular flexibility index (Phi) is 9.81. The predicted octanol–water partition coefficient (Wildman–Crippen LogP) is 5.02. The summed E-state index contributed by atoms with van der Waals surface area (Å²) in [5.41, 5.74) is 0.177. The molecule has 0 saturated carbocycles. The lowest BCUT2D eigenvalue weighted by atomic mass is 10.1. The number of benzene rings is 3. The van der Waals surface area contributed by atoms with Gasteiger partial charge in [-0.25, -0.2) is 12.8 Å². The van der Waals surface area contributed by atoms with Gasteiger partial charge in [-0.1, -0.05) is 23.7 Å². The van der Waals surface area contributed by atoms with E-state index in [1.165, 1.54) is 48.4 Å². The van der Waals surface area contributed by atoms with Gasteiger partial charge in [0, 0.05) is 17.1 Å². The van der Waals surface area contributed by atoms with Crippen molar-refractivity contribution < 1.29 is 27.1 Å². The normalized spacial score (nSPS) is 12.4. The monoisotopic (exact) mass is 589 g/mol. The van der Waals surface area contributed by atoms with E-state index in [1.54, 1.807) is 31.2 Å². The SMILES string of the molecule is COc1ccc(S(=O)(=O)N(CC(=O)N(Cc2cccc(Cl)c2)[C@H](C)C(=O)NC(C)(C)C)c2ccc(F)cc2)cc1. The fraction of sp³-hybridized carbons (Fsp3) is 0.310. The van der Waals surface area contributed by atoms with Gasteiger partial charge in [-0.2, -0.15) is 0 Å². The Bertz CT molecular complexity index is 1440. The van der Waals surface area contributed by atoms with Gasteiger partial charge in [0.05, 0.1) is 17.7 Å². The number of sulfonamides is 1. The largest absolute Gasteiger partial charge is 0.497 e. The smallest absolute Gasteiger partial charge is 0.264 e. The molecule has 214 valence electrons. The van der Waals surface area contributed by atoms with Crippen molar-refractivity contribution in [3.05, 3.63) is 89.2 Å². The minimum absolute atomic E-state index is 0.00202. The number of halogens is 2. The summed E-state index contributed by atoms with van der Waals surface area (Å²) < 4.78 is 47.3. The van der Waals surface area contributed by atoms with Crippen molar-refractivity contribution >= 4 is 39.1 Å². The quantitative estimate of drug-likeness (QED) is 0.358. The molecule has 11 heteroatoms. The van der Waals surface area contributed by atoms with Crippen LogP contribution < -0.4 is 14.4 Å². The Morgan fingerprint density at radius 2 is 1.65 bits per heavy atom. The van der Waals surface area contributed by atoms with Crippen LogP contribution in [-0.2, 0) is 26.2 Å². The van der Waals surface area contributed by atoms with Gasteiger partial charge in [-0.3, -0.25) is 13.9 Å². The van der Waals surface area contributed by atoms with Crippen molar-refractivity contribution in [3.8, 4) is 5.75 Å². The number of hydrogen-bond acceptors (Lipinski definition) is 5. The highest BCUT2D eigenvalue weighted by Crippen LogP contribution is 2.26. The number of carbonyl (C=O) groups excluding carboxylic acids is 2.